The molecule has 5 aromatic rings. The normalized spacial score (nSPS) is 12.0. The number of furan rings is 1. The van der Waals surface area contributed by atoms with Gasteiger partial charge in [0.25, 0.3) is 5.56 Å². The Morgan fingerprint density at radius 3 is 2.53 bits per heavy atom. The molecule has 8 heteroatoms. The van der Waals surface area contributed by atoms with Gasteiger partial charge in [0.1, 0.15) is 16.1 Å². The number of hydrogen-bond donors (Lipinski definition) is 0. The smallest absolute Gasteiger partial charge is 0.300 e. The van der Waals surface area contributed by atoms with Crippen molar-refractivity contribution in [3.63, 3.8) is 0 Å². The Labute approximate surface area is 178 Å². The molecule has 0 fully saturated rings. The van der Waals surface area contributed by atoms with Crippen LogP contribution in [-0.4, -0.2) is 14.6 Å². The molecule has 0 saturated carbocycles. The third-order valence-corrected chi connectivity index (χ3v) is 5.76. The van der Waals surface area contributed by atoms with Crippen LogP contribution in [0.25, 0.3) is 33.6 Å². The van der Waals surface area contributed by atoms with Crippen LogP contribution < -0.4 is 15.7 Å². The summed E-state index contributed by atoms with van der Waals surface area (Å²) in [5.41, 5.74) is 0.659. The SMILES string of the molecule is O=c1nc2s/c(=C\c3ccc(-c4ccccc4Cl)o3)c(=O)n2nc1-c1ccccc1. The molecule has 146 valence electrons. The summed E-state index contributed by atoms with van der Waals surface area (Å²) in [4.78, 5) is 29.5. The van der Waals surface area contributed by atoms with Gasteiger partial charge >= 0.3 is 5.56 Å². The fourth-order valence-corrected chi connectivity index (χ4v) is 4.16. The maximum absolute atomic E-state index is 12.8. The van der Waals surface area contributed by atoms with Gasteiger partial charge in [-0.3, -0.25) is 9.59 Å². The predicted octanol–water partition coefficient (Wildman–Crippen LogP) is 3.64. The fraction of sp³-hybridized carbons (Fsp3) is 0. The summed E-state index contributed by atoms with van der Waals surface area (Å²) in [6.45, 7) is 0. The zero-order valence-corrected chi connectivity index (χ0v) is 16.9. The molecule has 0 spiro atoms. The average Bonchev–Trinajstić information content (AvgIpc) is 3.33. The molecule has 5 rings (SSSR count). The van der Waals surface area contributed by atoms with E-state index in [1.165, 1.54) is 0 Å². The molecule has 0 atom stereocenters. The number of fused-ring (bicyclic) bond motifs is 1. The summed E-state index contributed by atoms with van der Waals surface area (Å²) in [6.07, 6.45) is 1.61. The molecule has 0 unspecified atom stereocenters. The standard InChI is InChI=1S/C22H12ClN3O3S/c23-16-9-5-4-8-15(16)17-11-10-14(29-17)12-18-21(28)26-22(30-18)24-20(27)19(25-26)13-6-2-1-3-7-13/h1-12H/b18-12-. The number of nitrogens with zero attached hydrogens (tertiary/aromatic N) is 3. The van der Waals surface area contributed by atoms with Crippen molar-refractivity contribution < 1.29 is 4.42 Å². The van der Waals surface area contributed by atoms with Crippen LogP contribution in [0.1, 0.15) is 5.76 Å². The topological polar surface area (TPSA) is 77.5 Å². The second-order valence-electron chi connectivity index (χ2n) is 6.42. The van der Waals surface area contributed by atoms with E-state index in [1.54, 1.807) is 48.5 Å². The number of rotatable bonds is 3. The average molecular weight is 434 g/mol. The number of aromatic nitrogens is 3. The fourth-order valence-electron chi connectivity index (χ4n) is 3.05. The van der Waals surface area contributed by atoms with E-state index < -0.39 is 5.56 Å². The highest BCUT2D eigenvalue weighted by Gasteiger charge is 2.13. The Hall–Kier alpha value is -3.55. The number of halogens is 1. The summed E-state index contributed by atoms with van der Waals surface area (Å²) in [6, 6.07) is 19.8. The minimum atomic E-state index is -0.479. The van der Waals surface area contributed by atoms with Gasteiger partial charge < -0.3 is 4.42 Å². The van der Waals surface area contributed by atoms with Crippen molar-refractivity contribution >= 4 is 34.0 Å². The van der Waals surface area contributed by atoms with Crippen molar-refractivity contribution in [3.05, 3.63) is 103 Å². The van der Waals surface area contributed by atoms with Crippen LogP contribution in [0.5, 0.6) is 0 Å². The van der Waals surface area contributed by atoms with Gasteiger partial charge in [-0.2, -0.15) is 14.6 Å². The summed E-state index contributed by atoms with van der Waals surface area (Å²) >= 11 is 7.30. The number of benzene rings is 2. The molecule has 0 radical (unpaired) electrons. The van der Waals surface area contributed by atoms with Crippen LogP contribution in [0.4, 0.5) is 0 Å². The lowest BCUT2D eigenvalue weighted by Crippen LogP contribution is -2.26. The van der Waals surface area contributed by atoms with Gasteiger partial charge in [-0.25, -0.2) is 0 Å². The molecule has 0 aliphatic carbocycles. The molecule has 2 aromatic carbocycles. The minimum Gasteiger partial charge on any atom is -0.457 e. The second kappa shape index (κ2) is 7.37. The lowest BCUT2D eigenvalue weighted by molar-refractivity contribution is 0.571. The largest absolute Gasteiger partial charge is 0.457 e. The molecule has 0 saturated heterocycles. The predicted molar refractivity (Wildman–Crippen MR) is 117 cm³/mol. The molecule has 30 heavy (non-hydrogen) atoms. The zero-order chi connectivity index (χ0) is 20.7. The van der Waals surface area contributed by atoms with Gasteiger partial charge in [0.15, 0.2) is 5.69 Å². The van der Waals surface area contributed by atoms with Crippen LogP contribution in [-0.2, 0) is 0 Å². The third kappa shape index (κ3) is 3.24. The van der Waals surface area contributed by atoms with Crippen molar-refractivity contribution in [2.45, 2.75) is 0 Å². The zero-order valence-electron chi connectivity index (χ0n) is 15.3. The molecular weight excluding hydrogens is 422 g/mol. The van der Waals surface area contributed by atoms with Gasteiger partial charge in [0, 0.05) is 17.2 Å². The first-order valence-electron chi connectivity index (χ1n) is 8.96. The Morgan fingerprint density at radius 1 is 0.967 bits per heavy atom. The van der Waals surface area contributed by atoms with Gasteiger partial charge in [-0.05, 0) is 24.3 Å². The molecular formula is C22H12ClN3O3S. The van der Waals surface area contributed by atoms with Crippen molar-refractivity contribution in [2.75, 3.05) is 0 Å². The van der Waals surface area contributed by atoms with Crippen molar-refractivity contribution in [1.82, 2.24) is 14.6 Å². The molecule has 0 bridgehead atoms. The van der Waals surface area contributed by atoms with Gasteiger partial charge in [-0.15, -0.1) is 0 Å². The van der Waals surface area contributed by atoms with Crippen molar-refractivity contribution in [3.8, 4) is 22.6 Å². The summed E-state index contributed by atoms with van der Waals surface area (Å²) in [7, 11) is 0. The lowest BCUT2D eigenvalue weighted by Gasteiger charge is -1.98. The van der Waals surface area contributed by atoms with E-state index in [4.69, 9.17) is 16.0 Å². The third-order valence-electron chi connectivity index (χ3n) is 4.47. The summed E-state index contributed by atoms with van der Waals surface area (Å²) in [5, 5.41) is 4.82. The summed E-state index contributed by atoms with van der Waals surface area (Å²) in [5.74, 6) is 1.08. The van der Waals surface area contributed by atoms with E-state index in [-0.39, 0.29) is 16.2 Å². The monoisotopic (exact) mass is 433 g/mol. The van der Waals surface area contributed by atoms with Gasteiger partial charge in [0.2, 0.25) is 4.96 Å². The number of thiazole rings is 1. The Bertz CT molecular complexity index is 1550. The maximum Gasteiger partial charge on any atom is 0.300 e. The highest BCUT2D eigenvalue weighted by molar-refractivity contribution is 7.15. The molecule has 3 heterocycles. The molecule has 6 nitrogen and oxygen atoms in total. The van der Waals surface area contributed by atoms with Crippen LogP contribution in [0.15, 0.2) is 80.7 Å². The minimum absolute atomic E-state index is 0.133. The molecule has 0 aliphatic rings. The van der Waals surface area contributed by atoms with E-state index in [9.17, 15) is 9.59 Å². The first-order chi connectivity index (χ1) is 14.6. The number of hydrogen-bond acceptors (Lipinski definition) is 6. The summed E-state index contributed by atoms with van der Waals surface area (Å²) < 4.78 is 7.35. The van der Waals surface area contributed by atoms with Crippen LogP contribution in [0, 0.1) is 0 Å². The molecule has 3 aromatic heterocycles. The highest BCUT2D eigenvalue weighted by Crippen LogP contribution is 2.29. The first-order valence-corrected chi connectivity index (χ1v) is 10.2. The van der Waals surface area contributed by atoms with Crippen LogP contribution in [0.3, 0.4) is 0 Å². The van der Waals surface area contributed by atoms with Gasteiger partial charge in [0.05, 0.1) is 5.02 Å². The van der Waals surface area contributed by atoms with Crippen molar-refractivity contribution in [2.24, 2.45) is 0 Å². The van der Waals surface area contributed by atoms with Crippen LogP contribution >= 0.6 is 22.9 Å². The van der Waals surface area contributed by atoms with E-state index in [1.807, 2.05) is 24.3 Å². The first kappa shape index (κ1) is 18.5. The lowest BCUT2D eigenvalue weighted by atomic mass is 10.2. The Kier molecular flexibility index (Phi) is 4.54. The molecule has 0 aliphatic heterocycles. The van der Waals surface area contributed by atoms with E-state index >= 15 is 0 Å². The quantitative estimate of drug-likeness (QED) is 0.434. The van der Waals surface area contributed by atoms with E-state index in [0.717, 1.165) is 21.4 Å². The van der Waals surface area contributed by atoms with Gasteiger partial charge in [-0.1, -0.05) is 65.4 Å². The Balaban J connectivity index is 1.61. The highest BCUT2D eigenvalue weighted by atomic mass is 35.5. The maximum atomic E-state index is 12.8. The molecule has 0 N–H and O–H groups in total. The van der Waals surface area contributed by atoms with Crippen LogP contribution in [0.2, 0.25) is 5.02 Å². The molecule has 0 amide bonds. The van der Waals surface area contributed by atoms with E-state index in [2.05, 4.69) is 10.1 Å². The second-order valence-corrected chi connectivity index (χ2v) is 7.84. The van der Waals surface area contributed by atoms with E-state index in [0.29, 0.717) is 26.6 Å². The Morgan fingerprint density at radius 2 is 1.73 bits per heavy atom. The van der Waals surface area contributed by atoms with Crippen molar-refractivity contribution in [1.29, 1.82) is 0 Å².